The van der Waals surface area contributed by atoms with Crippen molar-refractivity contribution in [3.05, 3.63) is 16.6 Å². The van der Waals surface area contributed by atoms with E-state index >= 15 is 0 Å². The molecule has 2 saturated heterocycles. The van der Waals surface area contributed by atoms with Gasteiger partial charge in [0.15, 0.2) is 0 Å². The lowest BCUT2D eigenvalue weighted by atomic mass is 9.98. The molecule has 1 N–H and O–H groups in total. The SMILES string of the molecule is c1csc(C2CSCCN2CC2CCCNC2)n1. The van der Waals surface area contributed by atoms with Crippen LogP contribution in [-0.4, -0.2) is 47.6 Å². The molecule has 0 aliphatic carbocycles. The predicted molar refractivity (Wildman–Crippen MR) is 79.3 cm³/mol. The molecule has 0 radical (unpaired) electrons. The Kier molecular flexibility index (Phi) is 4.57. The highest BCUT2D eigenvalue weighted by Crippen LogP contribution is 2.31. The van der Waals surface area contributed by atoms with Gasteiger partial charge in [-0.3, -0.25) is 4.90 Å². The minimum atomic E-state index is 0.561. The zero-order chi connectivity index (χ0) is 12.2. The van der Waals surface area contributed by atoms with Crippen LogP contribution < -0.4 is 5.32 Å². The molecule has 2 fully saturated rings. The van der Waals surface area contributed by atoms with Crippen molar-refractivity contribution >= 4 is 23.1 Å². The minimum Gasteiger partial charge on any atom is -0.316 e. The average molecular weight is 283 g/mol. The fraction of sp³-hybridized carbons (Fsp3) is 0.769. The van der Waals surface area contributed by atoms with Crippen LogP contribution in [0, 0.1) is 5.92 Å². The normalized spacial score (nSPS) is 30.4. The highest BCUT2D eigenvalue weighted by Gasteiger charge is 2.28. The largest absolute Gasteiger partial charge is 0.316 e. The maximum atomic E-state index is 4.53. The number of thiazole rings is 1. The summed E-state index contributed by atoms with van der Waals surface area (Å²) in [7, 11) is 0. The van der Waals surface area contributed by atoms with Gasteiger partial charge >= 0.3 is 0 Å². The van der Waals surface area contributed by atoms with Gasteiger partial charge in [-0.1, -0.05) is 0 Å². The third-order valence-corrected chi connectivity index (χ3v) is 5.77. The molecule has 3 rings (SSSR count). The molecule has 2 unspecified atom stereocenters. The number of rotatable bonds is 3. The molecule has 1 aromatic rings. The Bertz CT molecular complexity index is 349. The van der Waals surface area contributed by atoms with Crippen molar-refractivity contribution in [1.82, 2.24) is 15.2 Å². The number of aromatic nitrogens is 1. The van der Waals surface area contributed by atoms with E-state index in [0.29, 0.717) is 6.04 Å². The first-order valence-electron chi connectivity index (χ1n) is 6.85. The molecule has 1 aromatic heterocycles. The maximum Gasteiger partial charge on any atom is 0.111 e. The van der Waals surface area contributed by atoms with Crippen molar-refractivity contribution in [3.8, 4) is 0 Å². The summed E-state index contributed by atoms with van der Waals surface area (Å²) < 4.78 is 0. The first kappa shape index (κ1) is 12.9. The van der Waals surface area contributed by atoms with Crippen molar-refractivity contribution in [2.45, 2.75) is 18.9 Å². The third kappa shape index (κ3) is 3.07. The van der Waals surface area contributed by atoms with Crippen molar-refractivity contribution in [2.75, 3.05) is 37.7 Å². The Labute approximate surface area is 117 Å². The van der Waals surface area contributed by atoms with Crippen LogP contribution in [0.1, 0.15) is 23.9 Å². The molecule has 0 bridgehead atoms. The summed E-state index contributed by atoms with van der Waals surface area (Å²) in [6, 6.07) is 0.561. The number of hydrogen-bond acceptors (Lipinski definition) is 5. The molecule has 18 heavy (non-hydrogen) atoms. The lowest BCUT2D eigenvalue weighted by Crippen LogP contribution is -2.43. The van der Waals surface area contributed by atoms with Crippen LogP contribution in [0.15, 0.2) is 11.6 Å². The smallest absolute Gasteiger partial charge is 0.111 e. The van der Waals surface area contributed by atoms with Crippen LogP contribution in [0.2, 0.25) is 0 Å². The van der Waals surface area contributed by atoms with E-state index < -0.39 is 0 Å². The van der Waals surface area contributed by atoms with Gasteiger partial charge in [0.25, 0.3) is 0 Å². The Morgan fingerprint density at radius 3 is 3.28 bits per heavy atom. The molecule has 5 heteroatoms. The second-order valence-corrected chi connectivity index (χ2v) is 7.24. The number of nitrogens with one attached hydrogen (secondary N) is 1. The van der Waals surface area contributed by atoms with Gasteiger partial charge in [0.1, 0.15) is 5.01 Å². The molecule has 0 aromatic carbocycles. The second kappa shape index (κ2) is 6.37. The molecule has 2 atom stereocenters. The minimum absolute atomic E-state index is 0.561. The van der Waals surface area contributed by atoms with E-state index in [1.807, 2.05) is 17.5 Å². The summed E-state index contributed by atoms with van der Waals surface area (Å²) in [5.74, 6) is 3.33. The molecule has 0 amide bonds. The van der Waals surface area contributed by atoms with Crippen LogP contribution in [0.3, 0.4) is 0 Å². The number of nitrogens with zero attached hydrogens (tertiary/aromatic N) is 2. The van der Waals surface area contributed by atoms with E-state index in [2.05, 4.69) is 32.3 Å². The topological polar surface area (TPSA) is 28.2 Å². The van der Waals surface area contributed by atoms with Crippen LogP contribution >= 0.6 is 23.1 Å². The Morgan fingerprint density at radius 1 is 1.50 bits per heavy atom. The van der Waals surface area contributed by atoms with E-state index in [9.17, 15) is 0 Å². The Hall–Kier alpha value is -0.100. The van der Waals surface area contributed by atoms with Gasteiger partial charge in [0, 0.05) is 36.2 Å². The van der Waals surface area contributed by atoms with Crippen LogP contribution in [0.5, 0.6) is 0 Å². The summed E-state index contributed by atoms with van der Waals surface area (Å²) in [6.07, 6.45) is 4.68. The fourth-order valence-electron chi connectivity index (χ4n) is 2.89. The van der Waals surface area contributed by atoms with Gasteiger partial charge in [0.05, 0.1) is 6.04 Å². The molecule has 3 heterocycles. The zero-order valence-electron chi connectivity index (χ0n) is 10.7. The molecule has 2 aliphatic rings. The predicted octanol–water partition coefficient (Wildman–Crippen LogP) is 2.23. The molecule has 3 nitrogen and oxygen atoms in total. The maximum absolute atomic E-state index is 4.53. The Morgan fingerprint density at radius 2 is 2.50 bits per heavy atom. The quantitative estimate of drug-likeness (QED) is 0.921. The summed E-state index contributed by atoms with van der Waals surface area (Å²) in [5, 5.41) is 6.95. The zero-order valence-corrected chi connectivity index (χ0v) is 12.3. The standard InChI is InChI=1S/C13H21N3S2/c1-2-11(8-14-3-1)9-16-5-7-17-10-12(16)13-15-4-6-18-13/h4,6,11-12,14H,1-3,5,7-10H2. The second-order valence-electron chi connectivity index (χ2n) is 5.17. The summed E-state index contributed by atoms with van der Waals surface area (Å²) in [4.78, 5) is 7.20. The molecular weight excluding hydrogens is 262 g/mol. The summed E-state index contributed by atoms with van der Waals surface area (Å²) >= 11 is 3.89. The van der Waals surface area contributed by atoms with E-state index in [1.54, 1.807) is 0 Å². The molecule has 100 valence electrons. The van der Waals surface area contributed by atoms with Gasteiger partial charge in [-0.15, -0.1) is 11.3 Å². The first-order chi connectivity index (χ1) is 8.93. The van der Waals surface area contributed by atoms with Crippen molar-refractivity contribution in [2.24, 2.45) is 5.92 Å². The van der Waals surface area contributed by atoms with E-state index in [1.165, 1.54) is 55.5 Å². The highest BCUT2D eigenvalue weighted by atomic mass is 32.2. The molecular formula is C13H21N3S2. The number of piperidine rings is 1. The summed E-state index contributed by atoms with van der Waals surface area (Å²) in [6.45, 7) is 4.89. The van der Waals surface area contributed by atoms with Crippen LogP contribution in [0.25, 0.3) is 0 Å². The van der Waals surface area contributed by atoms with E-state index in [-0.39, 0.29) is 0 Å². The lowest BCUT2D eigenvalue weighted by molar-refractivity contribution is 0.170. The Balaban J connectivity index is 1.64. The highest BCUT2D eigenvalue weighted by molar-refractivity contribution is 7.99. The van der Waals surface area contributed by atoms with Crippen molar-refractivity contribution in [1.29, 1.82) is 0 Å². The third-order valence-electron chi connectivity index (χ3n) is 3.87. The lowest BCUT2D eigenvalue weighted by Gasteiger charge is -2.37. The van der Waals surface area contributed by atoms with Crippen LogP contribution in [-0.2, 0) is 0 Å². The van der Waals surface area contributed by atoms with Gasteiger partial charge in [-0.2, -0.15) is 11.8 Å². The van der Waals surface area contributed by atoms with Gasteiger partial charge in [-0.05, 0) is 31.8 Å². The molecule has 0 spiro atoms. The van der Waals surface area contributed by atoms with Gasteiger partial charge in [0.2, 0.25) is 0 Å². The number of thioether (sulfide) groups is 1. The molecule has 0 saturated carbocycles. The molecule has 2 aliphatic heterocycles. The van der Waals surface area contributed by atoms with Gasteiger partial charge < -0.3 is 5.32 Å². The van der Waals surface area contributed by atoms with Crippen molar-refractivity contribution < 1.29 is 0 Å². The van der Waals surface area contributed by atoms with E-state index in [4.69, 9.17) is 0 Å². The van der Waals surface area contributed by atoms with Crippen LogP contribution in [0.4, 0.5) is 0 Å². The van der Waals surface area contributed by atoms with Gasteiger partial charge in [-0.25, -0.2) is 4.98 Å². The fourth-order valence-corrected chi connectivity index (χ4v) is 4.89. The van der Waals surface area contributed by atoms with E-state index in [0.717, 1.165) is 5.92 Å². The monoisotopic (exact) mass is 283 g/mol. The average Bonchev–Trinajstić information content (AvgIpc) is 2.94. The first-order valence-corrected chi connectivity index (χ1v) is 8.89. The number of hydrogen-bond donors (Lipinski definition) is 1. The summed E-state index contributed by atoms with van der Waals surface area (Å²) in [5.41, 5.74) is 0. The van der Waals surface area contributed by atoms with Crippen molar-refractivity contribution in [3.63, 3.8) is 0 Å².